The first-order chi connectivity index (χ1) is 15.2. The Bertz CT molecular complexity index is 1180. The molecule has 32 heavy (non-hydrogen) atoms. The summed E-state index contributed by atoms with van der Waals surface area (Å²) in [6, 6.07) is 2.63. The summed E-state index contributed by atoms with van der Waals surface area (Å²) < 4.78 is 38.8. The number of amides is 1. The van der Waals surface area contributed by atoms with Gasteiger partial charge in [0.15, 0.2) is 16.8 Å². The van der Waals surface area contributed by atoms with E-state index in [1.807, 2.05) is 4.90 Å². The number of hydrogen-bond donors (Lipinski definition) is 1. The van der Waals surface area contributed by atoms with Crippen molar-refractivity contribution in [2.75, 3.05) is 18.0 Å². The van der Waals surface area contributed by atoms with Gasteiger partial charge in [-0.15, -0.1) is 11.3 Å². The predicted octanol–water partition coefficient (Wildman–Crippen LogP) is 3.84. The number of aromatic nitrogens is 2. The van der Waals surface area contributed by atoms with Gasteiger partial charge in [0.2, 0.25) is 5.78 Å². The van der Waals surface area contributed by atoms with E-state index in [1.165, 1.54) is 28.4 Å². The van der Waals surface area contributed by atoms with Crippen molar-refractivity contribution in [2.24, 2.45) is 0 Å². The molecule has 12 heteroatoms. The molecule has 2 bridgehead atoms. The summed E-state index contributed by atoms with van der Waals surface area (Å²) in [4.78, 5) is 34.8. The Hall–Kier alpha value is -3.28. The summed E-state index contributed by atoms with van der Waals surface area (Å²) in [5.41, 5.74) is 3.01. The number of alkyl halides is 2. The first-order valence-electron chi connectivity index (χ1n) is 9.91. The van der Waals surface area contributed by atoms with Crippen molar-refractivity contribution in [1.82, 2.24) is 14.9 Å². The van der Waals surface area contributed by atoms with Gasteiger partial charge in [0.1, 0.15) is 0 Å². The Balaban J connectivity index is 1.57. The molecule has 9 nitrogen and oxygen atoms in total. The van der Waals surface area contributed by atoms with E-state index in [4.69, 9.17) is 9.15 Å². The van der Waals surface area contributed by atoms with Gasteiger partial charge in [-0.1, -0.05) is 0 Å². The average Bonchev–Trinajstić information content (AvgIpc) is 3.46. The monoisotopic (exact) mass is 464 g/mol. The SMILES string of the molecule is CC(=O)C(F)(F)Oc1ccc(-c2cscn2)c2oc(N3CC4CCC(C3)N4C(=O)O)nc12. The van der Waals surface area contributed by atoms with Gasteiger partial charge in [0, 0.05) is 31.0 Å². The first-order valence-corrected chi connectivity index (χ1v) is 10.8. The minimum atomic E-state index is -4.01. The van der Waals surface area contributed by atoms with E-state index in [2.05, 4.69) is 9.97 Å². The second-order valence-electron chi connectivity index (χ2n) is 7.81. The van der Waals surface area contributed by atoms with E-state index >= 15 is 0 Å². The molecule has 0 spiro atoms. The molecule has 0 radical (unpaired) electrons. The van der Waals surface area contributed by atoms with Crippen LogP contribution in [-0.2, 0) is 4.79 Å². The van der Waals surface area contributed by atoms with Gasteiger partial charge in [-0.3, -0.25) is 9.69 Å². The number of Topliss-reactive ketones (excluding diaryl/α,β-unsaturated/α-hetero) is 1. The number of nitrogens with zero attached hydrogens (tertiary/aromatic N) is 4. The van der Waals surface area contributed by atoms with Crippen LogP contribution in [0, 0.1) is 0 Å². The van der Waals surface area contributed by atoms with Gasteiger partial charge < -0.3 is 19.2 Å². The topological polar surface area (TPSA) is 109 Å². The molecule has 168 valence electrons. The summed E-state index contributed by atoms with van der Waals surface area (Å²) >= 11 is 1.37. The standard InChI is InChI=1S/C20H18F2N4O5S/c1-10(27)20(21,22)31-15-5-4-13(14-8-32-9-23-14)17-16(15)24-18(30-17)25-6-11-2-3-12(7-25)26(11)19(28)29/h4-5,8-9,11-12H,2-3,6-7H2,1H3,(H,28,29). The van der Waals surface area contributed by atoms with Crippen molar-refractivity contribution in [1.29, 1.82) is 0 Å². The van der Waals surface area contributed by atoms with E-state index in [9.17, 15) is 23.5 Å². The van der Waals surface area contributed by atoms with Crippen LogP contribution in [0.2, 0.25) is 0 Å². The molecule has 0 aliphatic carbocycles. The number of ketones is 1. The maximum atomic E-state index is 14.0. The minimum Gasteiger partial charge on any atom is -0.465 e. The van der Waals surface area contributed by atoms with Crippen molar-refractivity contribution < 1.29 is 32.6 Å². The zero-order chi connectivity index (χ0) is 22.6. The number of carbonyl (C=O) groups is 2. The summed E-state index contributed by atoms with van der Waals surface area (Å²) in [7, 11) is 0. The third-order valence-electron chi connectivity index (χ3n) is 5.83. The van der Waals surface area contributed by atoms with E-state index in [-0.39, 0.29) is 34.9 Å². The van der Waals surface area contributed by atoms with Crippen molar-refractivity contribution in [2.45, 2.75) is 38.0 Å². The maximum Gasteiger partial charge on any atom is 0.460 e. The zero-order valence-electron chi connectivity index (χ0n) is 16.8. The molecule has 0 saturated carbocycles. The lowest BCUT2D eigenvalue weighted by Crippen LogP contribution is -2.55. The number of anilines is 1. The summed E-state index contributed by atoms with van der Waals surface area (Å²) in [6.45, 7) is 1.50. The number of halogens is 2. The van der Waals surface area contributed by atoms with Crippen LogP contribution >= 0.6 is 11.3 Å². The van der Waals surface area contributed by atoms with Gasteiger partial charge in [0.05, 0.1) is 23.3 Å². The fourth-order valence-corrected chi connectivity index (χ4v) is 4.87. The summed E-state index contributed by atoms with van der Waals surface area (Å²) in [5.74, 6) is -1.72. The Labute approximate surface area is 184 Å². The van der Waals surface area contributed by atoms with Crippen LogP contribution in [0.3, 0.4) is 0 Å². The molecule has 2 aromatic heterocycles. The van der Waals surface area contributed by atoms with Crippen LogP contribution < -0.4 is 9.64 Å². The van der Waals surface area contributed by atoms with Crippen LogP contribution in [0.4, 0.5) is 19.6 Å². The van der Waals surface area contributed by atoms with Gasteiger partial charge in [-0.05, 0) is 25.0 Å². The smallest absolute Gasteiger partial charge is 0.460 e. The third kappa shape index (κ3) is 3.34. The zero-order valence-corrected chi connectivity index (χ0v) is 17.6. The molecule has 1 amide bonds. The van der Waals surface area contributed by atoms with Crippen molar-refractivity contribution in [3.8, 4) is 17.0 Å². The van der Waals surface area contributed by atoms with E-state index in [0.29, 0.717) is 24.3 Å². The largest absolute Gasteiger partial charge is 0.465 e. The van der Waals surface area contributed by atoms with E-state index in [0.717, 1.165) is 19.8 Å². The second-order valence-corrected chi connectivity index (χ2v) is 8.53. The van der Waals surface area contributed by atoms with Gasteiger partial charge in [-0.2, -0.15) is 13.8 Å². The lowest BCUT2D eigenvalue weighted by Gasteiger charge is -2.38. The molecule has 2 aliphatic heterocycles. The number of benzene rings is 1. The highest BCUT2D eigenvalue weighted by molar-refractivity contribution is 7.07. The van der Waals surface area contributed by atoms with Crippen LogP contribution in [0.25, 0.3) is 22.4 Å². The maximum absolute atomic E-state index is 14.0. The number of thiazole rings is 1. The number of hydrogen-bond acceptors (Lipinski definition) is 8. The van der Waals surface area contributed by atoms with Gasteiger partial charge in [-0.25, -0.2) is 9.78 Å². The predicted molar refractivity (Wildman–Crippen MR) is 110 cm³/mol. The lowest BCUT2D eigenvalue weighted by atomic mass is 10.1. The third-order valence-corrected chi connectivity index (χ3v) is 6.41. The fraction of sp³-hybridized carbons (Fsp3) is 0.400. The molecule has 3 aromatic rings. The summed E-state index contributed by atoms with van der Waals surface area (Å²) in [5, 5.41) is 11.3. The minimum absolute atomic E-state index is 0.0411. The average molecular weight is 464 g/mol. The van der Waals surface area contributed by atoms with Crippen LogP contribution in [-0.4, -0.2) is 63.1 Å². The normalized spacial score (nSPS) is 20.7. The first kappa shape index (κ1) is 20.6. The lowest BCUT2D eigenvalue weighted by molar-refractivity contribution is -0.187. The van der Waals surface area contributed by atoms with Crippen LogP contribution in [0.5, 0.6) is 5.75 Å². The number of oxazole rings is 1. The van der Waals surface area contributed by atoms with Gasteiger partial charge in [0.25, 0.3) is 6.01 Å². The number of fused-ring (bicyclic) bond motifs is 3. The van der Waals surface area contributed by atoms with Crippen molar-refractivity contribution in [3.63, 3.8) is 0 Å². The molecule has 1 aromatic carbocycles. The molecule has 2 saturated heterocycles. The quantitative estimate of drug-likeness (QED) is 0.607. The molecule has 2 fully saturated rings. The Morgan fingerprint density at radius 1 is 1.28 bits per heavy atom. The molecule has 2 aliphatic rings. The highest BCUT2D eigenvalue weighted by Crippen LogP contribution is 2.40. The van der Waals surface area contributed by atoms with Crippen molar-refractivity contribution >= 4 is 40.3 Å². The highest BCUT2D eigenvalue weighted by atomic mass is 32.1. The number of ether oxygens (including phenoxy) is 1. The van der Waals surface area contributed by atoms with Crippen molar-refractivity contribution in [3.05, 3.63) is 23.0 Å². The van der Waals surface area contributed by atoms with Crippen LogP contribution in [0.15, 0.2) is 27.4 Å². The molecule has 5 rings (SSSR count). The second kappa shape index (κ2) is 7.40. The summed E-state index contributed by atoms with van der Waals surface area (Å²) in [6.07, 6.45) is -3.50. The molecule has 1 N–H and O–H groups in total. The molecule has 2 atom stereocenters. The van der Waals surface area contributed by atoms with E-state index in [1.54, 1.807) is 10.9 Å². The highest BCUT2D eigenvalue weighted by Gasteiger charge is 2.44. The molecular weight excluding hydrogens is 446 g/mol. The number of rotatable bonds is 5. The fourth-order valence-electron chi connectivity index (χ4n) is 4.32. The Morgan fingerprint density at radius 2 is 2.00 bits per heavy atom. The number of piperazine rings is 1. The Kier molecular flexibility index (Phi) is 4.77. The molecular formula is C20H18F2N4O5S. The number of carbonyl (C=O) groups excluding carboxylic acids is 1. The number of carboxylic acid groups (broad SMARTS) is 1. The molecule has 2 unspecified atom stereocenters. The Morgan fingerprint density at radius 3 is 2.59 bits per heavy atom. The molecule has 4 heterocycles. The van der Waals surface area contributed by atoms with Gasteiger partial charge >= 0.3 is 12.2 Å². The van der Waals surface area contributed by atoms with E-state index < -0.39 is 18.0 Å². The van der Waals surface area contributed by atoms with Crippen LogP contribution in [0.1, 0.15) is 19.8 Å².